The number of nitriles is 1. The first-order chi connectivity index (χ1) is 14.8. The Morgan fingerprint density at radius 3 is 2.77 bits per heavy atom. The first-order valence-corrected chi connectivity index (χ1v) is 9.45. The van der Waals surface area contributed by atoms with Crippen LogP contribution < -0.4 is 15.4 Å². The van der Waals surface area contributed by atoms with E-state index in [1.807, 2.05) is 36.4 Å². The average Bonchev–Trinajstić information content (AvgIpc) is 3.21. The quantitative estimate of drug-likeness (QED) is 0.649. The maximum absolute atomic E-state index is 13.6. The number of hydrogen-bond acceptors (Lipinski definition) is 7. The number of carbonyl (C=O) groups is 2. The number of pyridine rings is 1. The second kappa shape index (κ2) is 7.53. The molecule has 0 fully saturated rings. The zero-order valence-electron chi connectivity index (χ0n) is 16.9. The number of nitrogens with two attached hydrogens (primary N) is 1. The number of aromatic nitrogens is 4. The minimum atomic E-state index is -1.15. The van der Waals surface area contributed by atoms with E-state index in [1.54, 1.807) is 20.0 Å². The normalized spacial score (nSPS) is 20.4. The monoisotopic (exact) mass is 417 g/mol. The van der Waals surface area contributed by atoms with Crippen molar-refractivity contribution in [3.63, 3.8) is 0 Å². The smallest absolute Gasteiger partial charge is 0.288 e. The fraction of sp³-hybridized carbons (Fsp3) is 0.238. The molecule has 31 heavy (non-hydrogen) atoms. The maximum Gasteiger partial charge on any atom is 0.288 e. The van der Waals surface area contributed by atoms with Gasteiger partial charge in [0.2, 0.25) is 11.7 Å². The van der Waals surface area contributed by atoms with Crippen LogP contribution in [-0.4, -0.2) is 44.6 Å². The Balaban J connectivity index is 1.88. The molecule has 0 spiro atoms. The summed E-state index contributed by atoms with van der Waals surface area (Å²) in [5.74, 6) is -1.63. The molecule has 2 aromatic heterocycles. The van der Waals surface area contributed by atoms with Crippen LogP contribution in [0.5, 0.6) is 5.75 Å². The highest BCUT2D eigenvalue weighted by atomic mass is 16.5. The number of rotatable bonds is 4. The third kappa shape index (κ3) is 3.57. The van der Waals surface area contributed by atoms with Crippen LogP contribution in [0.2, 0.25) is 0 Å². The van der Waals surface area contributed by atoms with Crippen molar-refractivity contribution in [1.82, 2.24) is 20.2 Å². The van der Waals surface area contributed by atoms with Crippen molar-refractivity contribution < 1.29 is 14.3 Å². The summed E-state index contributed by atoms with van der Waals surface area (Å²) in [5.41, 5.74) is 5.37. The van der Waals surface area contributed by atoms with Gasteiger partial charge < -0.3 is 10.5 Å². The first kappa shape index (κ1) is 20.0. The number of aromatic amines is 1. The molecule has 1 aromatic carbocycles. The fourth-order valence-corrected chi connectivity index (χ4v) is 3.75. The summed E-state index contributed by atoms with van der Waals surface area (Å²) in [7, 11) is 1.57. The van der Waals surface area contributed by atoms with Gasteiger partial charge in [0.25, 0.3) is 5.91 Å². The van der Waals surface area contributed by atoms with E-state index in [0.717, 1.165) is 5.56 Å². The summed E-state index contributed by atoms with van der Waals surface area (Å²) in [6, 6.07) is 13.1. The van der Waals surface area contributed by atoms with Crippen LogP contribution in [0.1, 0.15) is 40.4 Å². The molecule has 1 aliphatic heterocycles. The number of benzene rings is 1. The summed E-state index contributed by atoms with van der Waals surface area (Å²) in [6.45, 7) is 1.77. The number of carbonyl (C=O) groups excluding carboxylic acids is 2. The highest BCUT2D eigenvalue weighted by Crippen LogP contribution is 2.42. The van der Waals surface area contributed by atoms with Crippen LogP contribution in [0.3, 0.4) is 0 Å². The standard InChI is InChI=1S/C21H19N7O3/c1-21(9-12-6-4-3-5-7-12)15(17-25-18(16(23)29)27-26-17)20(30)28(2)19-14(31-21)8-13(10-22)11-24-19/h3-8,11,15H,9H2,1-2H3,(H2,23,29)(H,25,26,27)/t15-,21-/m1/s1. The number of amides is 2. The lowest BCUT2D eigenvalue weighted by molar-refractivity contribution is -0.124. The summed E-state index contributed by atoms with van der Waals surface area (Å²) >= 11 is 0. The van der Waals surface area contributed by atoms with Gasteiger partial charge in [-0.15, -0.1) is 5.10 Å². The van der Waals surface area contributed by atoms with E-state index in [0.29, 0.717) is 17.7 Å². The molecule has 0 unspecified atom stereocenters. The lowest BCUT2D eigenvalue weighted by Crippen LogP contribution is -2.47. The van der Waals surface area contributed by atoms with Gasteiger partial charge in [0.1, 0.15) is 23.4 Å². The SMILES string of the molecule is CN1C(=O)[C@@H](c2nc(C(N)=O)n[nH]2)[C@@](C)(Cc2ccccc2)Oc2cc(C#N)cnc21. The number of H-pyrrole nitrogens is 1. The molecule has 10 heteroatoms. The van der Waals surface area contributed by atoms with Gasteiger partial charge in [-0.25, -0.2) is 9.97 Å². The van der Waals surface area contributed by atoms with E-state index in [-0.39, 0.29) is 23.4 Å². The molecule has 1 aliphatic rings. The maximum atomic E-state index is 13.6. The van der Waals surface area contributed by atoms with E-state index in [4.69, 9.17) is 10.5 Å². The Hall–Kier alpha value is -4.26. The Morgan fingerprint density at radius 1 is 1.39 bits per heavy atom. The van der Waals surface area contributed by atoms with Crippen molar-refractivity contribution in [1.29, 1.82) is 5.26 Å². The highest BCUT2D eigenvalue weighted by molar-refractivity contribution is 5.99. The zero-order valence-corrected chi connectivity index (χ0v) is 16.9. The van der Waals surface area contributed by atoms with Crippen LogP contribution in [0.25, 0.3) is 0 Å². The molecule has 0 saturated heterocycles. The lowest BCUT2D eigenvalue weighted by Gasteiger charge is -2.34. The molecule has 156 valence electrons. The zero-order chi connectivity index (χ0) is 22.2. The van der Waals surface area contributed by atoms with Crippen molar-refractivity contribution in [2.75, 3.05) is 11.9 Å². The third-order valence-electron chi connectivity index (χ3n) is 5.21. The van der Waals surface area contributed by atoms with E-state index in [2.05, 4.69) is 20.2 Å². The largest absolute Gasteiger partial charge is 0.482 e. The van der Waals surface area contributed by atoms with Gasteiger partial charge >= 0.3 is 0 Å². The Bertz CT molecular complexity index is 1200. The number of nitrogens with zero attached hydrogens (tertiary/aromatic N) is 5. The molecule has 3 N–H and O–H groups in total. The lowest BCUT2D eigenvalue weighted by atomic mass is 9.82. The summed E-state index contributed by atoms with van der Waals surface area (Å²) in [5, 5.41) is 15.8. The van der Waals surface area contributed by atoms with Crippen molar-refractivity contribution in [2.24, 2.45) is 5.73 Å². The van der Waals surface area contributed by atoms with Gasteiger partial charge in [0.15, 0.2) is 11.6 Å². The molecule has 10 nitrogen and oxygen atoms in total. The Morgan fingerprint density at radius 2 is 2.13 bits per heavy atom. The van der Waals surface area contributed by atoms with Crippen LogP contribution in [0.4, 0.5) is 5.82 Å². The van der Waals surface area contributed by atoms with Gasteiger partial charge in [0.05, 0.1) is 5.56 Å². The van der Waals surface area contributed by atoms with Gasteiger partial charge in [-0.1, -0.05) is 30.3 Å². The number of ether oxygens (including phenoxy) is 1. The molecule has 0 saturated carbocycles. The average molecular weight is 417 g/mol. The molecule has 0 aliphatic carbocycles. The fourth-order valence-electron chi connectivity index (χ4n) is 3.75. The summed E-state index contributed by atoms with van der Waals surface area (Å²) in [6.07, 6.45) is 1.71. The second-order valence-electron chi connectivity index (χ2n) is 7.47. The number of likely N-dealkylation sites (N-methyl/N-ethyl adjacent to an activating group) is 1. The number of hydrogen-bond donors (Lipinski definition) is 2. The van der Waals surface area contributed by atoms with E-state index in [9.17, 15) is 14.9 Å². The summed E-state index contributed by atoms with van der Waals surface area (Å²) < 4.78 is 6.39. The van der Waals surface area contributed by atoms with Crippen molar-refractivity contribution >= 4 is 17.6 Å². The minimum absolute atomic E-state index is 0.150. The molecule has 3 heterocycles. The molecule has 2 atom stereocenters. The van der Waals surface area contributed by atoms with Crippen LogP contribution in [0, 0.1) is 11.3 Å². The van der Waals surface area contributed by atoms with Gasteiger partial charge in [-0.2, -0.15) is 5.26 Å². The molecule has 3 aromatic rings. The molecule has 0 bridgehead atoms. The Kier molecular flexibility index (Phi) is 4.87. The number of primary amides is 1. The predicted octanol–water partition coefficient (Wildman–Crippen LogP) is 1.31. The van der Waals surface area contributed by atoms with Crippen molar-refractivity contribution in [2.45, 2.75) is 24.9 Å². The van der Waals surface area contributed by atoms with E-state index < -0.39 is 17.4 Å². The first-order valence-electron chi connectivity index (χ1n) is 9.45. The third-order valence-corrected chi connectivity index (χ3v) is 5.21. The van der Waals surface area contributed by atoms with Crippen molar-refractivity contribution in [3.8, 4) is 11.8 Å². The van der Waals surface area contributed by atoms with Crippen LogP contribution in [-0.2, 0) is 11.2 Å². The van der Waals surface area contributed by atoms with Gasteiger partial charge in [-0.05, 0) is 12.5 Å². The number of nitrogens with one attached hydrogen (secondary N) is 1. The van der Waals surface area contributed by atoms with Crippen LogP contribution >= 0.6 is 0 Å². The summed E-state index contributed by atoms with van der Waals surface area (Å²) in [4.78, 5) is 34.9. The molecular weight excluding hydrogens is 398 g/mol. The molecule has 0 radical (unpaired) electrons. The van der Waals surface area contributed by atoms with Crippen molar-refractivity contribution in [3.05, 3.63) is 65.4 Å². The predicted molar refractivity (Wildman–Crippen MR) is 109 cm³/mol. The minimum Gasteiger partial charge on any atom is -0.482 e. The number of fused-ring (bicyclic) bond motifs is 1. The molecule has 4 rings (SSSR count). The number of anilines is 1. The van der Waals surface area contributed by atoms with Gasteiger partial charge in [0, 0.05) is 25.7 Å². The van der Waals surface area contributed by atoms with E-state index in [1.165, 1.54) is 11.1 Å². The Labute approximate surface area is 177 Å². The van der Waals surface area contributed by atoms with E-state index >= 15 is 0 Å². The molecule has 2 amide bonds. The second-order valence-corrected chi connectivity index (χ2v) is 7.47. The molecular formula is C21H19N7O3. The van der Waals surface area contributed by atoms with Crippen LogP contribution in [0.15, 0.2) is 42.6 Å². The highest BCUT2D eigenvalue weighted by Gasteiger charge is 2.49. The van der Waals surface area contributed by atoms with Gasteiger partial charge in [-0.3, -0.25) is 19.6 Å². The topological polar surface area (TPSA) is 151 Å².